The van der Waals surface area contributed by atoms with Gasteiger partial charge in [-0.2, -0.15) is 5.26 Å². The summed E-state index contributed by atoms with van der Waals surface area (Å²) in [6.45, 7) is 7.22. The number of hydrogen-bond donors (Lipinski definition) is 0. The van der Waals surface area contributed by atoms with Crippen molar-refractivity contribution in [3.8, 4) is 6.07 Å². The molecule has 21 heavy (non-hydrogen) atoms. The Morgan fingerprint density at radius 1 is 1.48 bits per heavy atom. The monoisotopic (exact) mass is 302 g/mol. The van der Waals surface area contributed by atoms with Crippen molar-refractivity contribution in [1.29, 1.82) is 5.26 Å². The second-order valence-corrected chi connectivity index (χ2v) is 6.26. The minimum atomic E-state index is -0.469. The van der Waals surface area contributed by atoms with E-state index >= 15 is 0 Å². The van der Waals surface area contributed by atoms with Gasteiger partial charge < -0.3 is 4.42 Å². The molecule has 0 fully saturated rings. The molecule has 1 aliphatic heterocycles. The Kier molecular flexibility index (Phi) is 4.69. The highest BCUT2D eigenvalue weighted by atomic mass is 32.2. The number of allylic oxidation sites excluding steroid dienone is 2. The second-order valence-electron chi connectivity index (χ2n) is 4.97. The standard InChI is InChI=1S/C16H18N2O2S/c1-5-21-16-12(8-17)15(13-7-6-9(2)20-13)14(11(4)19)10(3)18-16/h6-7,12,15H,5H2,1-4H3. The molecule has 0 bridgehead atoms. The maximum Gasteiger partial charge on any atom is 0.158 e. The van der Waals surface area contributed by atoms with Gasteiger partial charge in [-0.1, -0.05) is 6.92 Å². The Hall–Kier alpha value is -1.80. The summed E-state index contributed by atoms with van der Waals surface area (Å²) < 4.78 is 5.71. The number of carbonyl (C=O) groups is 1. The predicted octanol–water partition coefficient (Wildman–Crippen LogP) is 3.84. The molecule has 1 aliphatic rings. The molecule has 2 heterocycles. The lowest BCUT2D eigenvalue weighted by molar-refractivity contribution is -0.114. The van der Waals surface area contributed by atoms with Crippen molar-refractivity contribution in [3.05, 3.63) is 34.9 Å². The normalized spacial score (nSPS) is 22.0. The van der Waals surface area contributed by atoms with Crippen molar-refractivity contribution in [2.24, 2.45) is 10.9 Å². The Morgan fingerprint density at radius 3 is 2.67 bits per heavy atom. The third-order valence-corrected chi connectivity index (χ3v) is 4.39. The van der Waals surface area contributed by atoms with Gasteiger partial charge in [0, 0.05) is 11.3 Å². The first-order valence-electron chi connectivity index (χ1n) is 6.88. The molecule has 0 aromatic carbocycles. The maximum atomic E-state index is 12.0. The van der Waals surface area contributed by atoms with Gasteiger partial charge in [0.25, 0.3) is 0 Å². The van der Waals surface area contributed by atoms with Crippen LogP contribution in [0.4, 0.5) is 0 Å². The average molecular weight is 302 g/mol. The van der Waals surface area contributed by atoms with E-state index in [1.807, 2.05) is 32.9 Å². The molecule has 0 saturated heterocycles. The van der Waals surface area contributed by atoms with E-state index in [9.17, 15) is 10.1 Å². The molecule has 2 rings (SSSR count). The molecule has 1 aromatic heterocycles. The molecule has 0 amide bonds. The molecule has 2 atom stereocenters. The van der Waals surface area contributed by atoms with Gasteiger partial charge in [-0.05, 0) is 38.7 Å². The number of ketones is 1. The van der Waals surface area contributed by atoms with Crippen LogP contribution in [0.5, 0.6) is 0 Å². The van der Waals surface area contributed by atoms with Crippen molar-refractivity contribution in [3.63, 3.8) is 0 Å². The first-order valence-corrected chi connectivity index (χ1v) is 7.87. The number of thioether (sulfide) groups is 1. The first kappa shape index (κ1) is 15.6. The number of furan rings is 1. The molecule has 1 aromatic rings. The van der Waals surface area contributed by atoms with Gasteiger partial charge >= 0.3 is 0 Å². The van der Waals surface area contributed by atoms with Crippen LogP contribution in [0, 0.1) is 24.2 Å². The minimum absolute atomic E-state index is 0.0592. The van der Waals surface area contributed by atoms with E-state index in [0.29, 0.717) is 17.0 Å². The second kappa shape index (κ2) is 6.31. The fourth-order valence-corrected chi connectivity index (χ4v) is 3.50. The lowest BCUT2D eigenvalue weighted by atomic mass is 9.80. The zero-order chi connectivity index (χ0) is 15.6. The highest BCUT2D eigenvalue weighted by molar-refractivity contribution is 8.14. The molecule has 2 unspecified atom stereocenters. The van der Waals surface area contributed by atoms with Crippen LogP contribution in [0.15, 0.2) is 32.8 Å². The summed E-state index contributed by atoms with van der Waals surface area (Å²) in [5.41, 5.74) is 1.26. The molecule has 0 radical (unpaired) electrons. The summed E-state index contributed by atoms with van der Waals surface area (Å²) in [6, 6.07) is 6.01. The van der Waals surface area contributed by atoms with Crippen molar-refractivity contribution in [2.75, 3.05) is 5.75 Å². The van der Waals surface area contributed by atoms with Crippen LogP contribution in [0.25, 0.3) is 0 Å². The Balaban J connectivity index is 2.60. The molecular weight excluding hydrogens is 284 g/mol. The quantitative estimate of drug-likeness (QED) is 0.850. The summed E-state index contributed by atoms with van der Waals surface area (Å²) in [4.78, 5) is 16.5. The van der Waals surface area contributed by atoms with Gasteiger partial charge in [-0.15, -0.1) is 11.8 Å². The van der Waals surface area contributed by atoms with Crippen LogP contribution in [0.3, 0.4) is 0 Å². The predicted molar refractivity (Wildman–Crippen MR) is 84.2 cm³/mol. The first-order chi connectivity index (χ1) is 9.99. The van der Waals surface area contributed by atoms with Crippen LogP contribution < -0.4 is 0 Å². The van der Waals surface area contributed by atoms with Gasteiger partial charge in [0.2, 0.25) is 0 Å². The third kappa shape index (κ3) is 2.96. The lowest BCUT2D eigenvalue weighted by Crippen LogP contribution is -2.27. The molecular formula is C16H18N2O2S. The fraction of sp³-hybridized carbons (Fsp3) is 0.438. The van der Waals surface area contributed by atoms with Gasteiger partial charge in [-0.3, -0.25) is 4.79 Å². The highest BCUT2D eigenvalue weighted by Crippen LogP contribution is 2.41. The van der Waals surface area contributed by atoms with Crippen molar-refractivity contribution in [1.82, 2.24) is 0 Å². The molecule has 110 valence electrons. The molecule has 4 nitrogen and oxygen atoms in total. The van der Waals surface area contributed by atoms with E-state index in [-0.39, 0.29) is 11.7 Å². The number of aryl methyl sites for hydroxylation is 1. The van der Waals surface area contributed by atoms with Gasteiger partial charge in [0.1, 0.15) is 17.4 Å². The fourth-order valence-electron chi connectivity index (χ4n) is 2.63. The van der Waals surface area contributed by atoms with E-state index in [4.69, 9.17) is 4.42 Å². The number of rotatable bonds is 3. The number of carbonyl (C=O) groups excluding carboxylic acids is 1. The highest BCUT2D eigenvalue weighted by Gasteiger charge is 2.39. The summed E-state index contributed by atoms with van der Waals surface area (Å²) in [5.74, 6) is 1.37. The van der Waals surface area contributed by atoms with Crippen molar-refractivity contribution in [2.45, 2.75) is 33.6 Å². The maximum absolute atomic E-state index is 12.0. The van der Waals surface area contributed by atoms with E-state index < -0.39 is 5.92 Å². The zero-order valence-corrected chi connectivity index (χ0v) is 13.5. The molecule has 0 saturated carbocycles. The lowest BCUT2D eigenvalue weighted by Gasteiger charge is -2.27. The van der Waals surface area contributed by atoms with Gasteiger partial charge in [0.05, 0.1) is 17.0 Å². The van der Waals surface area contributed by atoms with Gasteiger partial charge in [-0.25, -0.2) is 4.99 Å². The van der Waals surface area contributed by atoms with Gasteiger partial charge in [0.15, 0.2) is 5.78 Å². The summed E-state index contributed by atoms with van der Waals surface area (Å²) in [6.07, 6.45) is 0. The van der Waals surface area contributed by atoms with Crippen LogP contribution in [0.2, 0.25) is 0 Å². The Bertz CT molecular complexity index is 664. The number of nitriles is 1. The summed E-state index contributed by atoms with van der Waals surface area (Å²) in [5, 5.41) is 10.4. The SMILES string of the molecule is CCSC1=NC(C)=C(C(C)=O)C(c2ccc(C)o2)C1C#N. The van der Waals surface area contributed by atoms with E-state index in [1.54, 1.807) is 11.8 Å². The number of Topliss-reactive ketones (excluding diaryl/α,β-unsaturated/α-hetero) is 1. The summed E-state index contributed by atoms with van der Waals surface area (Å²) in [7, 11) is 0. The minimum Gasteiger partial charge on any atom is -0.466 e. The number of nitrogens with zero attached hydrogens (tertiary/aromatic N) is 2. The van der Waals surface area contributed by atoms with Crippen LogP contribution in [0.1, 0.15) is 38.2 Å². The number of aliphatic imine (C=N–C) groups is 1. The van der Waals surface area contributed by atoms with Crippen molar-refractivity contribution >= 4 is 22.6 Å². The molecule has 0 aliphatic carbocycles. The molecule has 0 N–H and O–H groups in total. The topological polar surface area (TPSA) is 66.4 Å². The third-order valence-electron chi connectivity index (χ3n) is 3.46. The van der Waals surface area contributed by atoms with E-state index in [1.165, 1.54) is 6.92 Å². The van der Waals surface area contributed by atoms with E-state index in [2.05, 4.69) is 11.1 Å². The van der Waals surface area contributed by atoms with Crippen LogP contribution in [-0.4, -0.2) is 16.6 Å². The van der Waals surface area contributed by atoms with Crippen molar-refractivity contribution < 1.29 is 9.21 Å². The van der Waals surface area contributed by atoms with Crippen LogP contribution >= 0.6 is 11.8 Å². The number of hydrogen-bond acceptors (Lipinski definition) is 5. The zero-order valence-electron chi connectivity index (χ0n) is 12.6. The smallest absolute Gasteiger partial charge is 0.158 e. The molecule has 0 spiro atoms. The molecule has 5 heteroatoms. The largest absolute Gasteiger partial charge is 0.466 e. The summed E-state index contributed by atoms with van der Waals surface area (Å²) >= 11 is 1.55. The van der Waals surface area contributed by atoms with E-state index in [0.717, 1.165) is 16.6 Å². The van der Waals surface area contributed by atoms with Crippen LogP contribution in [-0.2, 0) is 4.79 Å². The Labute approximate surface area is 128 Å². The Morgan fingerprint density at radius 2 is 2.19 bits per heavy atom. The average Bonchev–Trinajstić information content (AvgIpc) is 2.84.